The Balaban J connectivity index is 2.64. The zero-order valence-corrected chi connectivity index (χ0v) is 9.74. The van der Waals surface area contributed by atoms with E-state index in [1.165, 1.54) is 0 Å². The molecule has 0 N–H and O–H groups in total. The SMILES string of the molecule is CC(C)(C)c1cccc2oc(CC#N)nc12. The number of benzene rings is 1. The molecule has 0 aliphatic carbocycles. The summed E-state index contributed by atoms with van der Waals surface area (Å²) in [5.41, 5.74) is 2.82. The summed E-state index contributed by atoms with van der Waals surface area (Å²) in [4.78, 5) is 4.38. The molecular formula is C13H14N2O. The Morgan fingerprint density at radius 1 is 1.38 bits per heavy atom. The van der Waals surface area contributed by atoms with E-state index in [0.29, 0.717) is 5.89 Å². The van der Waals surface area contributed by atoms with Crippen LogP contribution >= 0.6 is 0 Å². The Morgan fingerprint density at radius 2 is 2.12 bits per heavy atom. The molecule has 3 heteroatoms. The number of aromatic nitrogens is 1. The summed E-state index contributed by atoms with van der Waals surface area (Å²) in [5, 5.41) is 8.62. The Labute approximate surface area is 94.7 Å². The molecule has 16 heavy (non-hydrogen) atoms. The molecule has 0 aliphatic rings. The molecule has 1 aromatic carbocycles. The van der Waals surface area contributed by atoms with Gasteiger partial charge in [-0.05, 0) is 17.0 Å². The average molecular weight is 214 g/mol. The summed E-state index contributed by atoms with van der Waals surface area (Å²) >= 11 is 0. The van der Waals surface area contributed by atoms with Gasteiger partial charge < -0.3 is 4.42 Å². The van der Waals surface area contributed by atoms with Crippen LogP contribution in [-0.4, -0.2) is 4.98 Å². The molecule has 1 heterocycles. The lowest BCUT2D eigenvalue weighted by molar-refractivity contribution is 0.548. The third kappa shape index (κ3) is 1.79. The lowest BCUT2D eigenvalue weighted by atomic mass is 9.86. The van der Waals surface area contributed by atoms with Crippen molar-refractivity contribution in [3.63, 3.8) is 0 Å². The van der Waals surface area contributed by atoms with Crippen LogP contribution in [0.1, 0.15) is 32.2 Å². The molecule has 3 nitrogen and oxygen atoms in total. The van der Waals surface area contributed by atoms with Crippen molar-refractivity contribution in [2.45, 2.75) is 32.6 Å². The first kappa shape index (κ1) is 10.7. The Morgan fingerprint density at radius 3 is 2.75 bits per heavy atom. The summed E-state index contributed by atoms with van der Waals surface area (Å²) in [6.07, 6.45) is 0.220. The maximum Gasteiger partial charge on any atom is 0.209 e. The monoisotopic (exact) mass is 214 g/mol. The van der Waals surface area contributed by atoms with Crippen LogP contribution in [0.3, 0.4) is 0 Å². The van der Waals surface area contributed by atoms with Gasteiger partial charge in [0.2, 0.25) is 5.89 Å². The number of rotatable bonds is 1. The molecule has 2 rings (SSSR count). The molecule has 0 saturated heterocycles. The normalized spacial score (nSPS) is 11.6. The fraction of sp³-hybridized carbons (Fsp3) is 0.385. The quantitative estimate of drug-likeness (QED) is 0.732. The van der Waals surface area contributed by atoms with E-state index in [1.54, 1.807) is 0 Å². The van der Waals surface area contributed by atoms with Crippen molar-refractivity contribution in [3.05, 3.63) is 29.7 Å². The second-order valence-corrected chi connectivity index (χ2v) is 4.84. The number of nitriles is 1. The maximum atomic E-state index is 8.62. The second kappa shape index (κ2) is 3.64. The molecule has 0 atom stereocenters. The van der Waals surface area contributed by atoms with Crippen molar-refractivity contribution >= 4 is 11.1 Å². The van der Waals surface area contributed by atoms with Gasteiger partial charge in [0.15, 0.2) is 5.58 Å². The molecule has 0 radical (unpaired) electrons. The number of fused-ring (bicyclic) bond motifs is 1. The predicted molar refractivity (Wildman–Crippen MR) is 62.0 cm³/mol. The Kier molecular flexibility index (Phi) is 2.43. The first-order chi connectivity index (χ1) is 7.52. The number of oxazole rings is 1. The summed E-state index contributed by atoms with van der Waals surface area (Å²) in [6, 6.07) is 7.95. The van der Waals surface area contributed by atoms with Gasteiger partial charge in [0.25, 0.3) is 0 Å². The van der Waals surface area contributed by atoms with Crippen LogP contribution in [0.4, 0.5) is 0 Å². The number of nitrogens with zero attached hydrogens (tertiary/aromatic N) is 2. The lowest BCUT2D eigenvalue weighted by Crippen LogP contribution is -2.11. The van der Waals surface area contributed by atoms with Gasteiger partial charge in [-0.1, -0.05) is 32.9 Å². The van der Waals surface area contributed by atoms with E-state index in [9.17, 15) is 0 Å². The molecule has 0 aliphatic heterocycles. The van der Waals surface area contributed by atoms with Gasteiger partial charge in [0, 0.05) is 0 Å². The van der Waals surface area contributed by atoms with Gasteiger partial charge >= 0.3 is 0 Å². The summed E-state index contributed by atoms with van der Waals surface area (Å²) < 4.78 is 5.51. The van der Waals surface area contributed by atoms with Crippen molar-refractivity contribution in [2.24, 2.45) is 0 Å². The van der Waals surface area contributed by atoms with Gasteiger partial charge in [-0.3, -0.25) is 0 Å². The predicted octanol–water partition coefficient (Wildman–Crippen LogP) is 3.19. The minimum atomic E-state index is 0.0281. The smallest absolute Gasteiger partial charge is 0.209 e. The summed E-state index contributed by atoms with van der Waals surface area (Å²) in [6.45, 7) is 6.42. The van der Waals surface area contributed by atoms with Crippen molar-refractivity contribution in [1.82, 2.24) is 4.98 Å². The fourth-order valence-corrected chi connectivity index (χ4v) is 1.74. The standard InChI is InChI=1S/C13H14N2O/c1-13(2,3)9-5-4-6-10-12(9)15-11(16-10)7-8-14/h4-6H,7H2,1-3H3. The van der Waals surface area contributed by atoms with E-state index < -0.39 is 0 Å². The number of para-hydroxylation sites is 1. The zero-order chi connectivity index (χ0) is 11.8. The van der Waals surface area contributed by atoms with Crippen molar-refractivity contribution in [3.8, 4) is 6.07 Å². The molecular weight excluding hydrogens is 200 g/mol. The lowest BCUT2D eigenvalue weighted by Gasteiger charge is -2.18. The Hall–Kier alpha value is -1.82. The van der Waals surface area contributed by atoms with Crippen LogP contribution in [-0.2, 0) is 11.8 Å². The molecule has 2 aromatic rings. The summed E-state index contributed by atoms with van der Waals surface area (Å²) in [5.74, 6) is 0.495. The molecule has 0 saturated carbocycles. The third-order valence-electron chi connectivity index (χ3n) is 2.50. The molecule has 0 amide bonds. The first-order valence-corrected chi connectivity index (χ1v) is 5.28. The fourth-order valence-electron chi connectivity index (χ4n) is 1.74. The molecule has 0 fully saturated rings. The van der Waals surface area contributed by atoms with Crippen molar-refractivity contribution in [2.75, 3.05) is 0 Å². The largest absolute Gasteiger partial charge is 0.440 e. The van der Waals surface area contributed by atoms with Crippen molar-refractivity contribution in [1.29, 1.82) is 5.26 Å². The van der Waals surface area contributed by atoms with E-state index in [4.69, 9.17) is 9.68 Å². The van der Waals surface area contributed by atoms with Crippen LogP contribution in [0, 0.1) is 11.3 Å². The number of hydrogen-bond acceptors (Lipinski definition) is 3. The first-order valence-electron chi connectivity index (χ1n) is 5.28. The molecule has 0 bridgehead atoms. The highest BCUT2D eigenvalue weighted by molar-refractivity contribution is 5.77. The molecule has 1 aromatic heterocycles. The van der Waals surface area contributed by atoms with E-state index >= 15 is 0 Å². The van der Waals surface area contributed by atoms with Crippen LogP contribution in [0.15, 0.2) is 22.6 Å². The second-order valence-electron chi connectivity index (χ2n) is 4.84. The van der Waals surface area contributed by atoms with Crippen LogP contribution in [0.2, 0.25) is 0 Å². The van der Waals surface area contributed by atoms with Gasteiger partial charge in [0.1, 0.15) is 11.9 Å². The Bertz CT molecular complexity index is 555. The molecule has 0 spiro atoms. The molecule has 0 unspecified atom stereocenters. The van der Waals surface area contributed by atoms with Crippen LogP contribution in [0.25, 0.3) is 11.1 Å². The number of hydrogen-bond donors (Lipinski definition) is 0. The van der Waals surface area contributed by atoms with Gasteiger partial charge in [0.05, 0.1) is 6.07 Å². The zero-order valence-electron chi connectivity index (χ0n) is 9.74. The highest BCUT2D eigenvalue weighted by atomic mass is 16.3. The van der Waals surface area contributed by atoms with Crippen LogP contribution < -0.4 is 0 Å². The van der Waals surface area contributed by atoms with E-state index in [2.05, 4.69) is 31.8 Å². The van der Waals surface area contributed by atoms with E-state index in [0.717, 1.165) is 16.7 Å². The highest BCUT2D eigenvalue weighted by Crippen LogP contribution is 2.29. The van der Waals surface area contributed by atoms with E-state index in [-0.39, 0.29) is 11.8 Å². The minimum Gasteiger partial charge on any atom is -0.440 e. The van der Waals surface area contributed by atoms with Crippen LogP contribution in [0.5, 0.6) is 0 Å². The topological polar surface area (TPSA) is 49.8 Å². The average Bonchev–Trinajstić information content (AvgIpc) is 2.58. The summed E-state index contributed by atoms with van der Waals surface area (Å²) in [7, 11) is 0. The highest BCUT2D eigenvalue weighted by Gasteiger charge is 2.19. The third-order valence-corrected chi connectivity index (χ3v) is 2.50. The van der Waals surface area contributed by atoms with Gasteiger partial charge in [-0.25, -0.2) is 4.98 Å². The molecule has 82 valence electrons. The maximum absolute atomic E-state index is 8.62. The van der Waals surface area contributed by atoms with Gasteiger partial charge in [-0.2, -0.15) is 5.26 Å². The van der Waals surface area contributed by atoms with Gasteiger partial charge in [-0.15, -0.1) is 0 Å². The van der Waals surface area contributed by atoms with E-state index in [1.807, 2.05) is 18.2 Å². The van der Waals surface area contributed by atoms with Crippen molar-refractivity contribution < 1.29 is 4.42 Å². The minimum absolute atomic E-state index is 0.0281.